The van der Waals surface area contributed by atoms with Crippen LogP contribution in [0.3, 0.4) is 0 Å². The first-order valence-corrected chi connectivity index (χ1v) is 6.35. The molecule has 1 N–H and O–H groups in total. The lowest BCUT2D eigenvalue weighted by Crippen LogP contribution is -2.16. The van der Waals surface area contributed by atoms with Gasteiger partial charge in [0.05, 0.1) is 11.4 Å². The average Bonchev–Trinajstić information content (AvgIpc) is 2.41. The van der Waals surface area contributed by atoms with Crippen LogP contribution in [0.5, 0.6) is 0 Å². The zero-order chi connectivity index (χ0) is 12.8. The molecule has 0 aromatic carbocycles. The van der Waals surface area contributed by atoms with E-state index in [1.54, 1.807) is 0 Å². The Balaban J connectivity index is 1.95. The lowest BCUT2D eigenvalue weighted by atomic mass is 10.1. The molecule has 2 aromatic heterocycles. The minimum atomic E-state index is 0.784. The van der Waals surface area contributed by atoms with Crippen molar-refractivity contribution in [2.24, 2.45) is 0 Å². The van der Waals surface area contributed by atoms with E-state index < -0.39 is 0 Å². The molecule has 0 unspecified atom stereocenters. The second kappa shape index (κ2) is 6.26. The Morgan fingerprint density at radius 3 is 2.39 bits per heavy atom. The predicted molar refractivity (Wildman–Crippen MR) is 73.1 cm³/mol. The van der Waals surface area contributed by atoms with Crippen molar-refractivity contribution in [3.63, 3.8) is 0 Å². The van der Waals surface area contributed by atoms with Crippen molar-refractivity contribution >= 4 is 0 Å². The number of aryl methyl sites for hydroxylation is 2. The Kier molecular flexibility index (Phi) is 4.42. The summed E-state index contributed by atoms with van der Waals surface area (Å²) in [4.78, 5) is 8.79. The third-order valence-electron chi connectivity index (χ3n) is 3.07. The summed E-state index contributed by atoms with van der Waals surface area (Å²) in [6.45, 7) is 5.82. The maximum Gasteiger partial charge on any atom is 0.0573 e. The number of nitrogens with zero attached hydrogens (tertiary/aromatic N) is 2. The number of hydrogen-bond acceptors (Lipinski definition) is 3. The highest BCUT2D eigenvalue weighted by molar-refractivity contribution is 5.20. The molecule has 0 aliphatic rings. The van der Waals surface area contributed by atoms with Gasteiger partial charge in [-0.2, -0.15) is 0 Å². The molecule has 0 spiro atoms. The Bertz CT molecular complexity index is 509. The highest BCUT2D eigenvalue weighted by atomic mass is 14.9. The van der Waals surface area contributed by atoms with Crippen LogP contribution < -0.4 is 5.32 Å². The molecule has 0 aliphatic heterocycles. The van der Waals surface area contributed by atoms with Crippen LogP contribution in [0.15, 0.2) is 36.7 Å². The van der Waals surface area contributed by atoms with Crippen molar-refractivity contribution in [2.75, 3.05) is 0 Å². The quantitative estimate of drug-likeness (QED) is 0.874. The minimum Gasteiger partial charge on any atom is -0.305 e. The Labute approximate surface area is 108 Å². The van der Waals surface area contributed by atoms with Gasteiger partial charge in [0.1, 0.15) is 0 Å². The van der Waals surface area contributed by atoms with Gasteiger partial charge in [-0.05, 0) is 36.6 Å². The van der Waals surface area contributed by atoms with Crippen LogP contribution in [-0.2, 0) is 19.5 Å². The van der Waals surface area contributed by atoms with E-state index in [4.69, 9.17) is 0 Å². The molecule has 3 heteroatoms. The lowest BCUT2D eigenvalue weighted by Gasteiger charge is -2.09. The standard InChI is InChI=1S/C15H19N3/c1-3-13-7-5-9-18-15(13)11-16-10-14-12(2)6-4-8-17-14/h4-9,16H,3,10-11H2,1-2H3. The van der Waals surface area contributed by atoms with Crippen LogP contribution in [0, 0.1) is 6.92 Å². The number of nitrogens with one attached hydrogen (secondary N) is 1. The van der Waals surface area contributed by atoms with Crippen molar-refractivity contribution in [1.82, 2.24) is 15.3 Å². The van der Waals surface area contributed by atoms with E-state index >= 15 is 0 Å². The summed E-state index contributed by atoms with van der Waals surface area (Å²) in [5.41, 5.74) is 4.77. The van der Waals surface area contributed by atoms with E-state index in [2.05, 4.69) is 41.3 Å². The van der Waals surface area contributed by atoms with Gasteiger partial charge >= 0.3 is 0 Å². The Hall–Kier alpha value is -1.74. The molecule has 0 saturated heterocycles. The summed E-state index contributed by atoms with van der Waals surface area (Å²) in [5.74, 6) is 0. The average molecular weight is 241 g/mol. The molecule has 0 fully saturated rings. The monoisotopic (exact) mass is 241 g/mol. The molecule has 0 bridgehead atoms. The lowest BCUT2D eigenvalue weighted by molar-refractivity contribution is 0.659. The van der Waals surface area contributed by atoms with Crippen molar-refractivity contribution in [1.29, 1.82) is 0 Å². The number of aromatic nitrogens is 2. The highest BCUT2D eigenvalue weighted by Gasteiger charge is 2.02. The molecule has 0 saturated carbocycles. The molecule has 0 atom stereocenters. The third kappa shape index (κ3) is 3.14. The number of hydrogen-bond donors (Lipinski definition) is 1. The first kappa shape index (κ1) is 12.7. The van der Waals surface area contributed by atoms with E-state index in [-0.39, 0.29) is 0 Å². The van der Waals surface area contributed by atoms with Gasteiger partial charge in [-0.15, -0.1) is 0 Å². The minimum absolute atomic E-state index is 0.784. The third-order valence-corrected chi connectivity index (χ3v) is 3.07. The molecule has 0 radical (unpaired) electrons. The fourth-order valence-electron chi connectivity index (χ4n) is 1.96. The van der Waals surface area contributed by atoms with Gasteiger partial charge in [-0.25, -0.2) is 0 Å². The first-order chi connectivity index (χ1) is 8.81. The first-order valence-electron chi connectivity index (χ1n) is 6.35. The molecule has 2 rings (SSSR count). The van der Waals surface area contributed by atoms with Crippen molar-refractivity contribution in [2.45, 2.75) is 33.4 Å². The van der Waals surface area contributed by atoms with Crippen LogP contribution in [0.2, 0.25) is 0 Å². The maximum atomic E-state index is 4.42. The van der Waals surface area contributed by atoms with Gasteiger partial charge in [-0.1, -0.05) is 19.1 Å². The van der Waals surface area contributed by atoms with E-state index in [1.807, 2.05) is 24.5 Å². The SMILES string of the molecule is CCc1cccnc1CNCc1ncccc1C. The highest BCUT2D eigenvalue weighted by Crippen LogP contribution is 2.07. The van der Waals surface area contributed by atoms with E-state index in [9.17, 15) is 0 Å². The van der Waals surface area contributed by atoms with Crippen LogP contribution in [0.1, 0.15) is 29.4 Å². The van der Waals surface area contributed by atoms with E-state index in [0.29, 0.717) is 0 Å². The molecule has 0 aliphatic carbocycles. The van der Waals surface area contributed by atoms with E-state index in [1.165, 1.54) is 11.1 Å². The molecule has 0 amide bonds. The van der Waals surface area contributed by atoms with Gasteiger partial charge < -0.3 is 5.32 Å². The van der Waals surface area contributed by atoms with Gasteiger partial charge in [0.15, 0.2) is 0 Å². The number of pyridine rings is 2. The van der Waals surface area contributed by atoms with Crippen molar-refractivity contribution in [3.05, 3.63) is 59.2 Å². The summed E-state index contributed by atoms with van der Waals surface area (Å²) in [6, 6.07) is 8.18. The molecular formula is C15H19N3. The van der Waals surface area contributed by atoms with Crippen molar-refractivity contribution < 1.29 is 0 Å². The summed E-state index contributed by atoms with van der Waals surface area (Å²) < 4.78 is 0. The van der Waals surface area contributed by atoms with Crippen LogP contribution >= 0.6 is 0 Å². The largest absolute Gasteiger partial charge is 0.305 e. The molecule has 3 nitrogen and oxygen atoms in total. The van der Waals surface area contributed by atoms with Crippen molar-refractivity contribution in [3.8, 4) is 0 Å². The van der Waals surface area contributed by atoms with Gasteiger partial charge in [0.25, 0.3) is 0 Å². The maximum absolute atomic E-state index is 4.42. The normalized spacial score (nSPS) is 10.6. The molecule has 18 heavy (non-hydrogen) atoms. The number of rotatable bonds is 5. The Morgan fingerprint density at radius 2 is 1.67 bits per heavy atom. The Morgan fingerprint density at radius 1 is 1.00 bits per heavy atom. The second-order valence-electron chi connectivity index (χ2n) is 4.33. The summed E-state index contributed by atoms with van der Waals surface area (Å²) in [6.07, 6.45) is 4.71. The van der Waals surface area contributed by atoms with Gasteiger partial charge in [0.2, 0.25) is 0 Å². The molecular weight excluding hydrogens is 222 g/mol. The van der Waals surface area contributed by atoms with E-state index in [0.717, 1.165) is 30.9 Å². The zero-order valence-corrected chi connectivity index (χ0v) is 11.0. The van der Waals surface area contributed by atoms with Gasteiger partial charge in [-0.3, -0.25) is 9.97 Å². The zero-order valence-electron chi connectivity index (χ0n) is 11.0. The van der Waals surface area contributed by atoms with Crippen LogP contribution in [0.4, 0.5) is 0 Å². The molecule has 94 valence electrons. The summed E-state index contributed by atoms with van der Waals surface area (Å²) >= 11 is 0. The predicted octanol–water partition coefficient (Wildman–Crippen LogP) is 2.64. The summed E-state index contributed by atoms with van der Waals surface area (Å²) in [5, 5.41) is 3.41. The summed E-state index contributed by atoms with van der Waals surface area (Å²) in [7, 11) is 0. The fraction of sp³-hybridized carbons (Fsp3) is 0.333. The topological polar surface area (TPSA) is 37.8 Å². The molecule has 2 aromatic rings. The fourth-order valence-corrected chi connectivity index (χ4v) is 1.96. The second-order valence-corrected chi connectivity index (χ2v) is 4.33. The van der Waals surface area contributed by atoms with Crippen LogP contribution in [0.25, 0.3) is 0 Å². The smallest absolute Gasteiger partial charge is 0.0573 e. The molecule has 2 heterocycles. The van der Waals surface area contributed by atoms with Crippen LogP contribution in [-0.4, -0.2) is 9.97 Å². The van der Waals surface area contributed by atoms with Gasteiger partial charge in [0, 0.05) is 25.5 Å².